The number of benzene rings is 4. The molecule has 37 heavy (non-hydrogen) atoms. The molecule has 186 valence electrons. The summed E-state index contributed by atoms with van der Waals surface area (Å²) in [5.41, 5.74) is 0.726. The van der Waals surface area contributed by atoms with E-state index in [9.17, 15) is 10.1 Å². The fraction of sp³-hybridized carbons (Fsp3) is 0.0741. The summed E-state index contributed by atoms with van der Waals surface area (Å²) in [6, 6.07) is 32.1. The van der Waals surface area contributed by atoms with Gasteiger partial charge in [0.05, 0.1) is 4.92 Å². The number of nitro groups is 1. The van der Waals surface area contributed by atoms with Crippen molar-refractivity contribution in [1.29, 1.82) is 0 Å². The maximum atomic E-state index is 15.2. The van der Waals surface area contributed by atoms with Gasteiger partial charge in [-0.1, -0.05) is 78.9 Å². The molecule has 0 unspecified atom stereocenters. The lowest BCUT2D eigenvalue weighted by Crippen LogP contribution is -2.44. The number of hydrogen-bond donors (Lipinski definition) is 1. The van der Waals surface area contributed by atoms with E-state index < -0.39 is 23.9 Å². The third-order valence-corrected chi connectivity index (χ3v) is 8.43. The molecule has 10 heteroatoms. The summed E-state index contributed by atoms with van der Waals surface area (Å²) in [5, 5.41) is 12.9. The summed E-state index contributed by atoms with van der Waals surface area (Å²) in [6.07, 6.45) is -1.10. The maximum Gasteiger partial charge on any atom is 0.465 e. The van der Waals surface area contributed by atoms with Crippen molar-refractivity contribution in [3.05, 3.63) is 137 Å². The molecular formula is C27H21N2O6PS. The Balaban J connectivity index is 1.76. The van der Waals surface area contributed by atoms with Gasteiger partial charge in [0.1, 0.15) is 11.5 Å². The van der Waals surface area contributed by atoms with Crippen molar-refractivity contribution in [2.45, 2.75) is 11.4 Å². The molecule has 1 fully saturated rings. The van der Waals surface area contributed by atoms with Crippen LogP contribution in [0.1, 0.15) is 17.2 Å². The molecule has 4 aromatic carbocycles. The fourth-order valence-corrected chi connectivity index (χ4v) is 6.89. The minimum Gasteiger partial charge on any atom is -0.459 e. The average Bonchev–Trinajstić information content (AvgIpc) is 3.29. The first-order chi connectivity index (χ1) is 17.9. The third-order valence-electron chi connectivity index (χ3n) is 5.86. The second-order valence-electron chi connectivity index (χ2n) is 8.20. The molecule has 1 aliphatic heterocycles. The molecule has 0 spiro atoms. The second-order valence-corrected chi connectivity index (χ2v) is 10.6. The van der Waals surface area contributed by atoms with E-state index in [0.29, 0.717) is 22.6 Å². The van der Waals surface area contributed by atoms with Crippen LogP contribution >= 0.6 is 19.8 Å². The summed E-state index contributed by atoms with van der Waals surface area (Å²) >= 11 is 5.43. The molecule has 0 radical (unpaired) electrons. The Hall–Kier alpha value is -4.20. The lowest BCUT2D eigenvalue weighted by Gasteiger charge is -2.38. The van der Waals surface area contributed by atoms with Crippen molar-refractivity contribution in [3.63, 3.8) is 0 Å². The molecule has 0 aliphatic carbocycles. The van der Waals surface area contributed by atoms with E-state index >= 15 is 4.57 Å². The van der Waals surface area contributed by atoms with Gasteiger partial charge in [-0.05, 0) is 42.0 Å². The summed E-state index contributed by atoms with van der Waals surface area (Å²) in [5.74, 6) is 0.601. The van der Waals surface area contributed by atoms with Crippen LogP contribution in [-0.4, -0.2) is 10.1 Å². The zero-order valence-electron chi connectivity index (χ0n) is 19.3. The first kappa shape index (κ1) is 24.5. The Morgan fingerprint density at radius 2 is 1.38 bits per heavy atom. The van der Waals surface area contributed by atoms with E-state index in [1.54, 1.807) is 91.0 Å². The van der Waals surface area contributed by atoms with Crippen LogP contribution in [0.25, 0.3) is 0 Å². The zero-order chi connectivity index (χ0) is 25.9. The van der Waals surface area contributed by atoms with Gasteiger partial charge >= 0.3 is 7.60 Å². The monoisotopic (exact) mass is 532 g/mol. The predicted octanol–water partition coefficient (Wildman–Crippen LogP) is 6.74. The number of nitro benzene ring substituents is 1. The van der Waals surface area contributed by atoms with Crippen LogP contribution in [-0.2, 0) is 14.6 Å². The molecule has 5 rings (SSSR count). The van der Waals surface area contributed by atoms with Gasteiger partial charge in [0, 0.05) is 17.7 Å². The van der Waals surface area contributed by atoms with Gasteiger partial charge in [-0.25, -0.2) is 4.57 Å². The van der Waals surface area contributed by atoms with Gasteiger partial charge < -0.3 is 19.1 Å². The van der Waals surface area contributed by atoms with Crippen LogP contribution in [0.15, 0.2) is 115 Å². The Morgan fingerprint density at radius 3 is 1.92 bits per heavy atom. The van der Waals surface area contributed by atoms with Gasteiger partial charge in [-0.15, -0.1) is 0 Å². The second kappa shape index (κ2) is 10.0. The molecule has 1 saturated heterocycles. The maximum absolute atomic E-state index is 15.2. The highest BCUT2D eigenvalue weighted by atomic mass is 32.1. The lowest BCUT2D eigenvalue weighted by molar-refractivity contribution is -0.385. The molecule has 0 aromatic heterocycles. The topological polar surface area (TPSA) is 99.9 Å². The van der Waals surface area contributed by atoms with Crippen molar-refractivity contribution in [1.82, 2.24) is 5.32 Å². The molecule has 4 aromatic rings. The van der Waals surface area contributed by atoms with Crippen LogP contribution in [0.4, 0.5) is 5.69 Å². The van der Waals surface area contributed by atoms with Gasteiger partial charge in [0.2, 0.25) is 5.28 Å². The van der Waals surface area contributed by atoms with Gasteiger partial charge in [0.15, 0.2) is 6.10 Å². The molecule has 0 saturated carbocycles. The normalized spacial score (nSPS) is 18.9. The first-order valence-corrected chi connectivity index (χ1v) is 13.2. The molecule has 8 nitrogen and oxygen atoms in total. The third kappa shape index (κ3) is 4.67. The number of hydrogen-bond acceptors (Lipinski definition) is 7. The summed E-state index contributed by atoms with van der Waals surface area (Å²) < 4.78 is 33.7. The SMILES string of the molecule is O=[N+]([O-])c1cccc([C@H]2OC(=S)N[C@]2(c2ccccc2)P(=O)(Oc2ccccc2)Oc2ccccc2)c1. The average molecular weight is 533 g/mol. The van der Waals surface area contributed by atoms with Gasteiger partial charge in [0.25, 0.3) is 10.9 Å². The molecule has 1 aliphatic rings. The highest BCUT2D eigenvalue weighted by Crippen LogP contribution is 2.69. The molecule has 0 amide bonds. The Bertz CT molecular complexity index is 1430. The van der Waals surface area contributed by atoms with Gasteiger partial charge in [-0.2, -0.15) is 0 Å². The van der Waals surface area contributed by atoms with Crippen LogP contribution in [0, 0.1) is 10.1 Å². The number of nitrogens with zero attached hydrogens (tertiary/aromatic N) is 1. The zero-order valence-corrected chi connectivity index (χ0v) is 21.0. The number of nitrogens with one attached hydrogen (secondary N) is 1. The lowest BCUT2D eigenvalue weighted by atomic mass is 9.95. The van der Waals surface area contributed by atoms with Crippen molar-refractivity contribution >= 4 is 30.7 Å². The number of para-hydroxylation sites is 2. The van der Waals surface area contributed by atoms with E-state index in [4.69, 9.17) is 26.0 Å². The van der Waals surface area contributed by atoms with Crippen molar-refractivity contribution in [2.75, 3.05) is 0 Å². The van der Waals surface area contributed by atoms with Crippen LogP contribution in [0.2, 0.25) is 0 Å². The smallest absolute Gasteiger partial charge is 0.459 e. The number of rotatable bonds is 8. The molecule has 1 heterocycles. The van der Waals surface area contributed by atoms with E-state index in [1.165, 1.54) is 18.2 Å². The highest BCUT2D eigenvalue weighted by Gasteiger charge is 2.66. The first-order valence-electron chi connectivity index (χ1n) is 11.3. The minimum atomic E-state index is -4.35. The summed E-state index contributed by atoms with van der Waals surface area (Å²) in [4.78, 5) is 11.1. The Labute approximate surface area is 218 Å². The van der Waals surface area contributed by atoms with Crippen LogP contribution in [0.5, 0.6) is 11.5 Å². The number of ether oxygens (including phenoxy) is 1. The van der Waals surface area contributed by atoms with Crippen molar-refractivity contribution in [2.24, 2.45) is 0 Å². The largest absolute Gasteiger partial charge is 0.465 e. The molecule has 0 bridgehead atoms. The standard InChI is InChI=1S/C27H21N2O6PS/c30-29(31)22-14-10-11-20(19-22)25-27(28-26(37)33-25,21-12-4-1-5-13-21)36(32,34-23-15-6-2-7-16-23)35-24-17-8-3-9-18-24/h1-19,25H,(H,28,37)/t25-,27-/m1/s1. The molecule has 2 atom stereocenters. The van der Waals surface area contributed by atoms with Crippen molar-refractivity contribution < 1.29 is 23.3 Å². The van der Waals surface area contributed by atoms with Gasteiger partial charge in [-0.3, -0.25) is 10.1 Å². The van der Waals surface area contributed by atoms with E-state index in [2.05, 4.69) is 5.32 Å². The number of thiocarbonyl (C=S) groups is 1. The van der Waals surface area contributed by atoms with Crippen molar-refractivity contribution in [3.8, 4) is 11.5 Å². The Morgan fingerprint density at radius 1 is 0.838 bits per heavy atom. The fourth-order valence-electron chi connectivity index (χ4n) is 4.24. The molecule has 1 N–H and O–H groups in total. The van der Waals surface area contributed by atoms with E-state index in [0.717, 1.165) is 0 Å². The molecular weight excluding hydrogens is 511 g/mol. The highest BCUT2D eigenvalue weighted by molar-refractivity contribution is 7.80. The van der Waals surface area contributed by atoms with E-state index in [1.807, 2.05) is 6.07 Å². The van der Waals surface area contributed by atoms with Crippen LogP contribution in [0.3, 0.4) is 0 Å². The Kier molecular flexibility index (Phi) is 6.65. The quantitative estimate of drug-likeness (QED) is 0.115. The minimum absolute atomic E-state index is 0.0473. The van der Waals surface area contributed by atoms with E-state index in [-0.39, 0.29) is 10.9 Å². The predicted molar refractivity (Wildman–Crippen MR) is 143 cm³/mol. The number of non-ortho nitro benzene ring substituents is 1. The summed E-state index contributed by atoms with van der Waals surface area (Å²) in [6.45, 7) is 0. The van der Waals surface area contributed by atoms with Crippen LogP contribution < -0.4 is 14.4 Å². The summed E-state index contributed by atoms with van der Waals surface area (Å²) in [7, 11) is -4.35.